The third kappa shape index (κ3) is 4.66. The van der Waals surface area contributed by atoms with Crippen molar-refractivity contribution < 1.29 is 4.42 Å². The van der Waals surface area contributed by atoms with Crippen molar-refractivity contribution in [3.63, 3.8) is 0 Å². The second kappa shape index (κ2) is 8.76. The lowest BCUT2D eigenvalue weighted by Gasteiger charge is -2.35. The van der Waals surface area contributed by atoms with Gasteiger partial charge < -0.3 is 14.2 Å². The first kappa shape index (κ1) is 19.6. The van der Waals surface area contributed by atoms with Crippen LogP contribution in [-0.4, -0.2) is 73.1 Å². The van der Waals surface area contributed by atoms with E-state index in [1.54, 1.807) is 12.5 Å². The molecule has 152 valence electrons. The van der Waals surface area contributed by atoms with Gasteiger partial charge in [-0.15, -0.1) is 0 Å². The number of anilines is 1. The maximum Gasteiger partial charge on any atom is 0.225 e. The van der Waals surface area contributed by atoms with Crippen molar-refractivity contribution in [1.82, 2.24) is 19.8 Å². The molecule has 2 aromatic heterocycles. The number of furan rings is 1. The molecule has 0 atom stereocenters. The molecule has 0 amide bonds. The van der Waals surface area contributed by atoms with Crippen LogP contribution in [0.2, 0.25) is 0 Å². The van der Waals surface area contributed by atoms with E-state index in [0.717, 1.165) is 67.6 Å². The second-order valence-electron chi connectivity index (χ2n) is 7.94. The van der Waals surface area contributed by atoms with Crippen LogP contribution < -0.4 is 4.90 Å². The number of piperazine rings is 1. The molecule has 1 aliphatic rings. The molecule has 3 heterocycles. The summed E-state index contributed by atoms with van der Waals surface area (Å²) < 4.78 is 5.30. The molecule has 0 bridgehead atoms. The molecule has 0 radical (unpaired) electrons. The van der Waals surface area contributed by atoms with Crippen molar-refractivity contribution >= 4 is 5.95 Å². The monoisotopic (exact) mass is 391 g/mol. The van der Waals surface area contributed by atoms with Gasteiger partial charge in [-0.05, 0) is 27.1 Å². The van der Waals surface area contributed by atoms with E-state index >= 15 is 0 Å². The smallest absolute Gasteiger partial charge is 0.225 e. The van der Waals surface area contributed by atoms with Crippen LogP contribution in [0, 0.1) is 6.92 Å². The third-order valence-corrected chi connectivity index (χ3v) is 5.45. The first-order chi connectivity index (χ1) is 14.1. The lowest BCUT2D eigenvalue weighted by atomic mass is 10.0. The minimum Gasteiger partial charge on any atom is -0.472 e. The summed E-state index contributed by atoms with van der Waals surface area (Å²) in [6, 6.07) is 10.5. The van der Waals surface area contributed by atoms with Gasteiger partial charge in [-0.1, -0.05) is 29.8 Å². The zero-order valence-electron chi connectivity index (χ0n) is 17.5. The average molecular weight is 392 g/mol. The Morgan fingerprint density at radius 1 is 1.00 bits per heavy atom. The minimum absolute atomic E-state index is 0.806. The van der Waals surface area contributed by atoms with Crippen LogP contribution in [0.25, 0.3) is 22.4 Å². The summed E-state index contributed by atoms with van der Waals surface area (Å²) in [5, 5.41) is 0. The van der Waals surface area contributed by atoms with Crippen LogP contribution in [0.3, 0.4) is 0 Å². The van der Waals surface area contributed by atoms with Crippen LogP contribution in [0.5, 0.6) is 0 Å². The molecule has 4 rings (SSSR count). The highest BCUT2D eigenvalue weighted by Gasteiger charge is 2.21. The standard InChI is InChI=1S/C23H29N5O/c1-18-4-6-19(7-5-18)22-21(20-8-15-29-17-20)16-24-23(25-22)28-13-11-27(12-14-28)10-9-26(2)3/h4-8,15-17H,9-14H2,1-3H3. The van der Waals surface area contributed by atoms with E-state index in [2.05, 4.69) is 60.0 Å². The molecule has 3 aromatic rings. The fraction of sp³-hybridized carbons (Fsp3) is 0.391. The lowest BCUT2D eigenvalue weighted by Crippen LogP contribution is -2.48. The number of aryl methyl sites for hydroxylation is 1. The summed E-state index contributed by atoms with van der Waals surface area (Å²) in [5.74, 6) is 0.806. The number of likely N-dealkylation sites (N-methyl/N-ethyl adjacent to an activating group) is 1. The number of hydrogen-bond acceptors (Lipinski definition) is 6. The molecular weight excluding hydrogens is 362 g/mol. The van der Waals surface area contributed by atoms with Crippen molar-refractivity contribution in [2.45, 2.75) is 6.92 Å². The van der Waals surface area contributed by atoms with Gasteiger partial charge in [0.1, 0.15) is 0 Å². The van der Waals surface area contributed by atoms with Gasteiger partial charge in [0.25, 0.3) is 0 Å². The SMILES string of the molecule is Cc1ccc(-c2nc(N3CCN(CCN(C)C)CC3)ncc2-c2ccoc2)cc1. The van der Waals surface area contributed by atoms with Gasteiger partial charge in [0, 0.05) is 62.2 Å². The molecule has 1 aliphatic heterocycles. The molecule has 0 saturated carbocycles. The Labute approximate surface area is 172 Å². The topological polar surface area (TPSA) is 48.6 Å². The highest BCUT2D eigenvalue weighted by molar-refractivity contribution is 5.80. The molecule has 1 aromatic carbocycles. The first-order valence-corrected chi connectivity index (χ1v) is 10.2. The first-order valence-electron chi connectivity index (χ1n) is 10.2. The molecule has 0 aliphatic carbocycles. The summed E-state index contributed by atoms with van der Waals surface area (Å²) in [6.45, 7) is 8.28. The van der Waals surface area contributed by atoms with E-state index in [1.807, 2.05) is 12.3 Å². The zero-order chi connectivity index (χ0) is 20.2. The van der Waals surface area contributed by atoms with Crippen molar-refractivity contribution in [2.24, 2.45) is 0 Å². The van der Waals surface area contributed by atoms with Crippen LogP contribution in [0.15, 0.2) is 53.5 Å². The molecule has 6 nitrogen and oxygen atoms in total. The summed E-state index contributed by atoms with van der Waals surface area (Å²) in [4.78, 5) is 16.7. The molecule has 1 saturated heterocycles. The van der Waals surface area contributed by atoms with Gasteiger partial charge >= 0.3 is 0 Å². The van der Waals surface area contributed by atoms with E-state index in [0.29, 0.717) is 0 Å². The number of benzene rings is 1. The van der Waals surface area contributed by atoms with Crippen LogP contribution in [-0.2, 0) is 0 Å². The molecule has 0 unspecified atom stereocenters. The summed E-state index contributed by atoms with van der Waals surface area (Å²) in [6.07, 6.45) is 5.37. The van der Waals surface area contributed by atoms with Gasteiger partial charge in [-0.3, -0.25) is 4.90 Å². The number of hydrogen-bond donors (Lipinski definition) is 0. The maximum absolute atomic E-state index is 5.30. The second-order valence-corrected chi connectivity index (χ2v) is 7.94. The Balaban J connectivity index is 1.58. The van der Waals surface area contributed by atoms with Gasteiger partial charge in [0.05, 0.1) is 18.2 Å². The average Bonchev–Trinajstić information content (AvgIpc) is 3.27. The van der Waals surface area contributed by atoms with Crippen LogP contribution in [0.1, 0.15) is 5.56 Å². The lowest BCUT2D eigenvalue weighted by molar-refractivity contribution is 0.229. The molecular formula is C23H29N5O. The predicted octanol–water partition coefficient (Wildman–Crippen LogP) is 3.40. The van der Waals surface area contributed by atoms with E-state index in [-0.39, 0.29) is 0 Å². The molecule has 29 heavy (non-hydrogen) atoms. The quantitative estimate of drug-likeness (QED) is 0.642. The Bertz CT molecular complexity index is 913. The summed E-state index contributed by atoms with van der Waals surface area (Å²) >= 11 is 0. The molecule has 6 heteroatoms. The van der Waals surface area contributed by atoms with Gasteiger partial charge in [-0.2, -0.15) is 0 Å². The highest BCUT2D eigenvalue weighted by Crippen LogP contribution is 2.32. The Morgan fingerprint density at radius 2 is 1.76 bits per heavy atom. The van der Waals surface area contributed by atoms with Crippen molar-refractivity contribution in [3.8, 4) is 22.4 Å². The minimum atomic E-state index is 0.806. The van der Waals surface area contributed by atoms with Crippen LogP contribution in [0.4, 0.5) is 5.95 Å². The summed E-state index contributed by atoms with van der Waals surface area (Å²) in [5.41, 5.74) is 5.28. The molecule has 0 N–H and O–H groups in total. The third-order valence-electron chi connectivity index (χ3n) is 5.45. The zero-order valence-corrected chi connectivity index (χ0v) is 17.5. The fourth-order valence-corrected chi connectivity index (χ4v) is 3.60. The Morgan fingerprint density at radius 3 is 2.41 bits per heavy atom. The number of rotatable bonds is 6. The number of nitrogens with zero attached hydrogens (tertiary/aromatic N) is 5. The Kier molecular flexibility index (Phi) is 5.92. The van der Waals surface area contributed by atoms with Gasteiger partial charge in [0.2, 0.25) is 5.95 Å². The van der Waals surface area contributed by atoms with Crippen molar-refractivity contribution in [3.05, 3.63) is 54.6 Å². The van der Waals surface area contributed by atoms with E-state index in [4.69, 9.17) is 14.4 Å². The highest BCUT2D eigenvalue weighted by atomic mass is 16.3. The number of aromatic nitrogens is 2. The molecule has 0 spiro atoms. The molecule has 1 fully saturated rings. The van der Waals surface area contributed by atoms with E-state index < -0.39 is 0 Å². The van der Waals surface area contributed by atoms with E-state index in [1.165, 1.54) is 5.56 Å². The van der Waals surface area contributed by atoms with Crippen molar-refractivity contribution in [2.75, 3.05) is 58.3 Å². The van der Waals surface area contributed by atoms with E-state index in [9.17, 15) is 0 Å². The maximum atomic E-state index is 5.30. The summed E-state index contributed by atoms with van der Waals surface area (Å²) in [7, 11) is 4.25. The van der Waals surface area contributed by atoms with Crippen molar-refractivity contribution in [1.29, 1.82) is 0 Å². The fourth-order valence-electron chi connectivity index (χ4n) is 3.60. The predicted molar refractivity (Wildman–Crippen MR) is 117 cm³/mol. The Hall–Kier alpha value is -2.70. The van der Waals surface area contributed by atoms with Gasteiger partial charge in [-0.25, -0.2) is 9.97 Å². The largest absolute Gasteiger partial charge is 0.472 e. The van der Waals surface area contributed by atoms with Gasteiger partial charge in [0.15, 0.2) is 0 Å². The normalized spacial score (nSPS) is 15.2. The van der Waals surface area contributed by atoms with Crippen LogP contribution >= 0.6 is 0 Å².